The van der Waals surface area contributed by atoms with E-state index in [2.05, 4.69) is 44.9 Å². The second kappa shape index (κ2) is 7.24. The number of benzene rings is 2. The first-order valence-corrected chi connectivity index (χ1v) is 8.65. The van der Waals surface area contributed by atoms with Crippen molar-refractivity contribution in [2.45, 2.75) is 25.4 Å². The number of anilines is 1. The van der Waals surface area contributed by atoms with E-state index < -0.39 is 0 Å². The van der Waals surface area contributed by atoms with Gasteiger partial charge in [0.25, 0.3) is 0 Å². The number of nitrogens with one attached hydrogen (secondary N) is 1. The third-order valence-electron chi connectivity index (χ3n) is 4.01. The number of rotatable bonds is 4. The van der Waals surface area contributed by atoms with E-state index in [0.29, 0.717) is 0 Å². The Bertz CT molecular complexity index is 627. The Labute approximate surface area is 144 Å². The van der Waals surface area contributed by atoms with Crippen molar-refractivity contribution in [1.29, 1.82) is 0 Å². The zero-order valence-electron chi connectivity index (χ0n) is 12.3. The topological polar surface area (TPSA) is 32.3 Å². The minimum absolute atomic E-state index is 0.0283. The lowest BCUT2D eigenvalue weighted by molar-refractivity contribution is -0.120. The highest BCUT2D eigenvalue weighted by Gasteiger charge is 2.30. The standard InChI is InChI=1S/C18H19IN2O/c19-15-8-10-16(11-9-15)20-18(22)17-7-4-12-21(17)13-14-5-2-1-3-6-14/h1-3,5-6,8-11,17H,4,7,12-13H2,(H,20,22). The van der Waals surface area contributed by atoms with Crippen LogP contribution in [0.3, 0.4) is 0 Å². The number of carbonyl (C=O) groups excluding carboxylic acids is 1. The summed E-state index contributed by atoms with van der Waals surface area (Å²) in [6, 6.07) is 18.2. The molecule has 4 heteroatoms. The molecule has 1 heterocycles. The first-order chi connectivity index (χ1) is 10.7. The van der Waals surface area contributed by atoms with Crippen molar-refractivity contribution in [2.75, 3.05) is 11.9 Å². The van der Waals surface area contributed by atoms with Crippen molar-refractivity contribution in [2.24, 2.45) is 0 Å². The van der Waals surface area contributed by atoms with Crippen LogP contribution in [0.4, 0.5) is 5.69 Å². The fraction of sp³-hybridized carbons (Fsp3) is 0.278. The number of nitrogens with zero attached hydrogens (tertiary/aromatic N) is 1. The van der Waals surface area contributed by atoms with Gasteiger partial charge in [0.15, 0.2) is 0 Å². The van der Waals surface area contributed by atoms with Gasteiger partial charge >= 0.3 is 0 Å². The molecule has 1 N–H and O–H groups in total. The summed E-state index contributed by atoms with van der Waals surface area (Å²) in [5, 5.41) is 3.04. The molecule has 114 valence electrons. The monoisotopic (exact) mass is 406 g/mol. The Kier molecular flexibility index (Phi) is 5.10. The molecule has 2 aromatic rings. The lowest BCUT2D eigenvalue weighted by Crippen LogP contribution is -2.39. The molecule has 0 aliphatic carbocycles. The number of likely N-dealkylation sites (tertiary alicyclic amines) is 1. The number of hydrogen-bond donors (Lipinski definition) is 1. The first kappa shape index (κ1) is 15.5. The van der Waals surface area contributed by atoms with Gasteiger partial charge in [-0.25, -0.2) is 0 Å². The zero-order valence-corrected chi connectivity index (χ0v) is 14.5. The van der Waals surface area contributed by atoms with Crippen LogP contribution in [-0.4, -0.2) is 23.4 Å². The quantitative estimate of drug-likeness (QED) is 0.782. The fourth-order valence-electron chi connectivity index (χ4n) is 2.89. The van der Waals surface area contributed by atoms with Crippen LogP contribution in [0.25, 0.3) is 0 Å². The van der Waals surface area contributed by atoms with Crippen molar-refractivity contribution in [3.05, 3.63) is 63.7 Å². The summed E-state index contributed by atoms with van der Waals surface area (Å²) in [6.45, 7) is 1.82. The number of amides is 1. The molecule has 2 aromatic carbocycles. The Morgan fingerprint density at radius 1 is 1.14 bits per heavy atom. The maximum absolute atomic E-state index is 12.5. The molecule has 1 fully saturated rings. The summed E-state index contributed by atoms with van der Waals surface area (Å²) in [4.78, 5) is 14.8. The van der Waals surface area contributed by atoms with E-state index in [4.69, 9.17) is 0 Å². The van der Waals surface area contributed by atoms with Crippen molar-refractivity contribution in [3.8, 4) is 0 Å². The van der Waals surface area contributed by atoms with Gasteiger partial charge < -0.3 is 5.32 Å². The second-order valence-corrected chi connectivity index (χ2v) is 6.86. The molecule has 0 spiro atoms. The SMILES string of the molecule is O=C(Nc1ccc(I)cc1)C1CCCN1Cc1ccccc1. The summed E-state index contributed by atoms with van der Waals surface area (Å²) in [5.74, 6) is 0.106. The highest BCUT2D eigenvalue weighted by atomic mass is 127. The largest absolute Gasteiger partial charge is 0.325 e. The Balaban J connectivity index is 1.64. The van der Waals surface area contributed by atoms with Crippen LogP contribution in [0.5, 0.6) is 0 Å². The molecule has 3 rings (SSSR count). The predicted molar refractivity (Wildman–Crippen MR) is 97.7 cm³/mol. The van der Waals surface area contributed by atoms with Crippen LogP contribution >= 0.6 is 22.6 Å². The fourth-order valence-corrected chi connectivity index (χ4v) is 3.25. The third kappa shape index (κ3) is 3.87. The van der Waals surface area contributed by atoms with Gasteiger partial charge in [-0.05, 0) is 71.8 Å². The second-order valence-electron chi connectivity index (χ2n) is 5.61. The average molecular weight is 406 g/mol. The molecule has 0 radical (unpaired) electrons. The smallest absolute Gasteiger partial charge is 0.241 e. The van der Waals surface area contributed by atoms with Crippen molar-refractivity contribution in [3.63, 3.8) is 0 Å². The Morgan fingerprint density at radius 3 is 2.59 bits per heavy atom. The average Bonchev–Trinajstić information content (AvgIpc) is 2.99. The van der Waals surface area contributed by atoms with Crippen LogP contribution < -0.4 is 5.32 Å². The van der Waals surface area contributed by atoms with Crippen LogP contribution in [0, 0.1) is 3.57 Å². The summed E-state index contributed by atoms with van der Waals surface area (Å²) < 4.78 is 1.17. The van der Waals surface area contributed by atoms with E-state index in [9.17, 15) is 4.79 Å². The molecule has 1 amide bonds. The first-order valence-electron chi connectivity index (χ1n) is 7.57. The van der Waals surface area contributed by atoms with E-state index >= 15 is 0 Å². The van der Waals surface area contributed by atoms with E-state index in [1.165, 1.54) is 9.13 Å². The van der Waals surface area contributed by atoms with Crippen LogP contribution in [0.1, 0.15) is 18.4 Å². The van der Waals surface area contributed by atoms with Gasteiger partial charge in [-0.3, -0.25) is 9.69 Å². The van der Waals surface area contributed by atoms with Crippen LogP contribution in [0.2, 0.25) is 0 Å². The van der Waals surface area contributed by atoms with Gasteiger partial charge in [-0.2, -0.15) is 0 Å². The lowest BCUT2D eigenvalue weighted by Gasteiger charge is -2.23. The Morgan fingerprint density at radius 2 is 1.86 bits per heavy atom. The minimum atomic E-state index is -0.0283. The molecule has 1 unspecified atom stereocenters. The molecule has 3 nitrogen and oxygen atoms in total. The van der Waals surface area contributed by atoms with Gasteiger partial charge in [0.1, 0.15) is 0 Å². The number of carbonyl (C=O) groups is 1. The van der Waals surface area contributed by atoms with Gasteiger partial charge in [0.2, 0.25) is 5.91 Å². The lowest BCUT2D eigenvalue weighted by atomic mass is 10.1. The van der Waals surface area contributed by atoms with Crippen LogP contribution in [-0.2, 0) is 11.3 Å². The van der Waals surface area contributed by atoms with Gasteiger partial charge in [0, 0.05) is 15.8 Å². The van der Waals surface area contributed by atoms with Gasteiger partial charge in [0.05, 0.1) is 6.04 Å². The molecule has 0 aromatic heterocycles. The normalized spacial score (nSPS) is 18.3. The number of hydrogen-bond acceptors (Lipinski definition) is 2. The van der Waals surface area contributed by atoms with Gasteiger partial charge in [-0.15, -0.1) is 0 Å². The molecule has 1 atom stereocenters. The highest BCUT2D eigenvalue weighted by Crippen LogP contribution is 2.22. The van der Waals surface area contributed by atoms with E-state index in [0.717, 1.165) is 31.6 Å². The molecule has 1 aliphatic heterocycles. The Hall–Kier alpha value is -1.40. The van der Waals surface area contributed by atoms with Crippen LogP contribution in [0.15, 0.2) is 54.6 Å². The van der Waals surface area contributed by atoms with E-state index in [-0.39, 0.29) is 11.9 Å². The highest BCUT2D eigenvalue weighted by molar-refractivity contribution is 14.1. The molecule has 22 heavy (non-hydrogen) atoms. The maximum Gasteiger partial charge on any atom is 0.241 e. The molecule has 0 saturated carbocycles. The molecular weight excluding hydrogens is 387 g/mol. The van der Waals surface area contributed by atoms with Gasteiger partial charge in [-0.1, -0.05) is 30.3 Å². The number of halogens is 1. The minimum Gasteiger partial charge on any atom is -0.325 e. The predicted octanol–water partition coefficient (Wildman–Crippen LogP) is 3.89. The van der Waals surface area contributed by atoms with Crippen molar-refractivity contribution in [1.82, 2.24) is 4.90 Å². The molecule has 1 aliphatic rings. The zero-order chi connectivity index (χ0) is 15.4. The van der Waals surface area contributed by atoms with Crippen molar-refractivity contribution < 1.29 is 4.79 Å². The molecule has 0 bridgehead atoms. The summed E-state index contributed by atoms with van der Waals surface area (Å²) >= 11 is 2.26. The summed E-state index contributed by atoms with van der Waals surface area (Å²) in [6.07, 6.45) is 2.01. The summed E-state index contributed by atoms with van der Waals surface area (Å²) in [5.41, 5.74) is 2.13. The van der Waals surface area contributed by atoms with E-state index in [1.807, 2.05) is 42.5 Å². The molecular formula is C18H19IN2O. The maximum atomic E-state index is 12.5. The molecule has 1 saturated heterocycles. The van der Waals surface area contributed by atoms with Crippen molar-refractivity contribution >= 4 is 34.2 Å². The van der Waals surface area contributed by atoms with E-state index in [1.54, 1.807) is 0 Å². The summed E-state index contributed by atoms with van der Waals surface area (Å²) in [7, 11) is 0. The third-order valence-corrected chi connectivity index (χ3v) is 4.73.